The monoisotopic (exact) mass is 209 g/mol. The molecule has 15 heavy (non-hydrogen) atoms. The fourth-order valence-electron chi connectivity index (χ4n) is 1.13. The van der Waals surface area contributed by atoms with Crippen LogP contribution in [0.2, 0.25) is 0 Å². The van der Waals surface area contributed by atoms with Crippen LogP contribution < -0.4 is 11.1 Å². The van der Waals surface area contributed by atoms with Crippen molar-refractivity contribution in [1.29, 1.82) is 0 Å². The number of nitrogens with zero attached hydrogens (tertiary/aromatic N) is 1. The van der Waals surface area contributed by atoms with Crippen LogP contribution in [0.15, 0.2) is 24.8 Å². The van der Waals surface area contributed by atoms with Crippen LogP contribution in [0.3, 0.4) is 0 Å². The molecule has 0 unspecified atom stereocenters. The molecule has 0 saturated carbocycles. The van der Waals surface area contributed by atoms with Gasteiger partial charge in [0.05, 0.1) is 4.92 Å². The van der Waals surface area contributed by atoms with Gasteiger partial charge in [0, 0.05) is 24.4 Å². The molecule has 0 aliphatic heterocycles. The van der Waals surface area contributed by atoms with Crippen LogP contribution in [0.5, 0.6) is 5.75 Å². The van der Waals surface area contributed by atoms with Gasteiger partial charge in [0.25, 0.3) is 5.69 Å². The topological polar surface area (TPSA) is 101 Å². The van der Waals surface area contributed by atoms with Crippen molar-refractivity contribution in [3.63, 3.8) is 0 Å². The van der Waals surface area contributed by atoms with Crippen molar-refractivity contribution in [3.8, 4) is 5.75 Å². The summed E-state index contributed by atoms with van der Waals surface area (Å²) in [6, 6.07) is 2.43. The fraction of sp³-hybridized carbons (Fsp3) is 0.111. The second-order valence-electron chi connectivity index (χ2n) is 2.86. The van der Waals surface area contributed by atoms with E-state index in [-0.39, 0.29) is 22.8 Å². The summed E-state index contributed by atoms with van der Waals surface area (Å²) < 4.78 is 0. The maximum absolute atomic E-state index is 10.7. The molecule has 0 heterocycles. The summed E-state index contributed by atoms with van der Waals surface area (Å²) in [4.78, 5) is 10.1. The largest absolute Gasteiger partial charge is 0.505 e. The fourth-order valence-corrected chi connectivity index (χ4v) is 1.13. The number of anilines is 2. The van der Waals surface area contributed by atoms with E-state index in [1.54, 1.807) is 0 Å². The number of nitrogen functional groups attached to an aromatic ring is 1. The minimum Gasteiger partial charge on any atom is -0.505 e. The number of nitrogens with two attached hydrogens (primary N) is 1. The van der Waals surface area contributed by atoms with Crippen LogP contribution in [0.25, 0.3) is 0 Å². The summed E-state index contributed by atoms with van der Waals surface area (Å²) in [6.07, 6.45) is 1.53. The molecule has 6 nitrogen and oxygen atoms in total. The SMILES string of the molecule is C=CCNc1c(O)cc(N)cc1[N+](=O)[O-]. The van der Waals surface area contributed by atoms with Gasteiger partial charge in [-0.15, -0.1) is 6.58 Å². The van der Waals surface area contributed by atoms with Crippen LogP contribution >= 0.6 is 0 Å². The molecule has 1 rings (SSSR count). The number of phenolic OH excluding ortho intramolecular Hbond substituents is 1. The first-order valence-electron chi connectivity index (χ1n) is 4.18. The van der Waals surface area contributed by atoms with Crippen LogP contribution in [0.4, 0.5) is 17.1 Å². The van der Waals surface area contributed by atoms with E-state index in [4.69, 9.17) is 5.73 Å². The highest BCUT2D eigenvalue weighted by molar-refractivity contribution is 5.74. The zero-order valence-corrected chi connectivity index (χ0v) is 7.93. The van der Waals surface area contributed by atoms with E-state index in [0.717, 1.165) is 0 Å². The first kappa shape index (κ1) is 10.8. The third-order valence-corrected chi connectivity index (χ3v) is 1.74. The van der Waals surface area contributed by atoms with Gasteiger partial charge in [0.1, 0.15) is 5.75 Å². The standard InChI is InChI=1S/C9H11N3O3/c1-2-3-11-9-7(12(14)15)4-6(10)5-8(9)13/h2,4-5,11,13H,1,3,10H2. The zero-order valence-electron chi connectivity index (χ0n) is 7.93. The van der Waals surface area contributed by atoms with Gasteiger partial charge in [0.15, 0.2) is 5.69 Å². The van der Waals surface area contributed by atoms with Crippen molar-refractivity contribution in [2.75, 3.05) is 17.6 Å². The Kier molecular flexibility index (Phi) is 3.12. The van der Waals surface area contributed by atoms with E-state index in [9.17, 15) is 15.2 Å². The van der Waals surface area contributed by atoms with Gasteiger partial charge in [0.2, 0.25) is 0 Å². The number of nitro benzene ring substituents is 1. The Hall–Kier alpha value is -2.24. The van der Waals surface area contributed by atoms with Crippen molar-refractivity contribution in [2.45, 2.75) is 0 Å². The number of hydrogen-bond acceptors (Lipinski definition) is 5. The predicted molar refractivity (Wildman–Crippen MR) is 57.9 cm³/mol. The average Bonchev–Trinajstić information content (AvgIpc) is 2.15. The predicted octanol–water partition coefficient (Wildman–Crippen LogP) is 1.48. The minimum absolute atomic E-state index is 0.0501. The van der Waals surface area contributed by atoms with Crippen LogP contribution in [-0.4, -0.2) is 16.6 Å². The second kappa shape index (κ2) is 4.32. The molecule has 6 heteroatoms. The summed E-state index contributed by atoms with van der Waals surface area (Å²) in [5, 5.41) is 22.8. The number of phenols is 1. The van der Waals surface area contributed by atoms with Gasteiger partial charge in [-0.3, -0.25) is 10.1 Å². The lowest BCUT2D eigenvalue weighted by molar-refractivity contribution is -0.383. The van der Waals surface area contributed by atoms with E-state index in [1.807, 2.05) is 0 Å². The highest BCUT2D eigenvalue weighted by Crippen LogP contribution is 2.35. The zero-order chi connectivity index (χ0) is 11.4. The first-order chi connectivity index (χ1) is 7.06. The number of rotatable bonds is 4. The first-order valence-corrected chi connectivity index (χ1v) is 4.18. The van der Waals surface area contributed by atoms with E-state index >= 15 is 0 Å². The molecule has 1 aromatic carbocycles. The van der Waals surface area contributed by atoms with Crippen molar-refractivity contribution in [3.05, 3.63) is 34.9 Å². The molecular formula is C9H11N3O3. The maximum Gasteiger partial charge on any atom is 0.298 e. The molecule has 4 N–H and O–H groups in total. The molecule has 80 valence electrons. The molecule has 0 aliphatic carbocycles. The molecule has 0 aliphatic rings. The molecule has 0 aromatic heterocycles. The third-order valence-electron chi connectivity index (χ3n) is 1.74. The van der Waals surface area contributed by atoms with Crippen molar-refractivity contribution in [2.24, 2.45) is 0 Å². The lowest BCUT2D eigenvalue weighted by Crippen LogP contribution is -2.03. The van der Waals surface area contributed by atoms with Gasteiger partial charge in [-0.1, -0.05) is 6.08 Å². The molecule has 0 radical (unpaired) electrons. The molecule has 0 saturated heterocycles. The van der Waals surface area contributed by atoms with E-state index in [2.05, 4.69) is 11.9 Å². The number of hydrogen-bond donors (Lipinski definition) is 3. The van der Waals surface area contributed by atoms with Gasteiger partial charge >= 0.3 is 0 Å². The molecular weight excluding hydrogens is 198 g/mol. The summed E-state index contributed by atoms with van der Waals surface area (Å²) >= 11 is 0. The summed E-state index contributed by atoms with van der Waals surface area (Å²) in [5.41, 5.74) is 5.32. The molecule has 0 atom stereocenters. The second-order valence-corrected chi connectivity index (χ2v) is 2.86. The average molecular weight is 209 g/mol. The minimum atomic E-state index is -0.610. The van der Waals surface area contributed by atoms with Crippen LogP contribution in [0.1, 0.15) is 0 Å². The van der Waals surface area contributed by atoms with Gasteiger partial charge < -0.3 is 16.2 Å². The van der Waals surface area contributed by atoms with Crippen molar-refractivity contribution >= 4 is 17.1 Å². The highest BCUT2D eigenvalue weighted by Gasteiger charge is 2.18. The van der Waals surface area contributed by atoms with Crippen LogP contribution in [0, 0.1) is 10.1 Å². The van der Waals surface area contributed by atoms with Gasteiger partial charge in [-0.2, -0.15) is 0 Å². The van der Waals surface area contributed by atoms with Crippen LogP contribution in [-0.2, 0) is 0 Å². The normalized spacial score (nSPS) is 9.60. The van der Waals surface area contributed by atoms with Crippen molar-refractivity contribution in [1.82, 2.24) is 0 Å². The Bertz CT molecular complexity index is 404. The number of nitrogens with one attached hydrogen (secondary N) is 1. The lowest BCUT2D eigenvalue weighted by atomic mass is 10.2. The summed E-state index contributed by atoms with van der Waals surface area (Å²) in [6.45, 7) is 3.78. The molecule has 0 bridgehead atoms. The summed E-state index contributed by atoms with van der Waals surface area (Å²) in [7, 11) is 0. The Labute approximate surface area is 86.2 Å². The lowest BCUT2D eigenvalue weighted by Gasteiger charge is -2.07. The van der Waals surface area contributed by atoms with E-state index in [1.165, 1.54) is 18.2 Å². The third kappa shape index (κ3) is 2.37. The van der Waals surface area contributed by atoms with E-state index < -0.39 is 4.92 Å². The molecule has 0 amide bonds. The van der Waals surface area contributed by atoms with Gasteiger partial charge in [-0.05, 0) is 0 Å². The highest BCUT2D eigenvalue weighted by atomic mass is 16.6. The number of aromatic hydroxyl groups is 1. The van der Waals surface area contributed by atoms with Gasteiger partial charge in [-0.25, -0.2) is 0 Å². The molecule has 0 fully saturated rings. The Balaban J connectivity index is 3.20. The Morgan fingerprint density at radius 1 is 1.67 bits per heavy atom. The Morgan fingerprint density at radius 3 is 2.87 bits per heavy atom. The van der Waals surface area contributed by atoms with E-state index in [0.29, 0.717) is 6.54 Å². The number of nitro groups is 1. The smallest absolute Gasteiger partial charge is 0.298 e. The maximum atomic E-state index is 10.7. The quantitative estimate of drug-likeness (QED) is 0.229. The molecule has 0 spiro atoms. The Morgan fingerprint density at radius 2 is 2.33 bits per heavy atom. The number of benzene rings is 1. The molecule has 1 aromatic rings. The van der Waals surface area contributed by atoms with Crippen molar-refractivity contribution < 1.29 is 10.0 Å². The summed E-state index contributed by atoms with van der Waals surface area (Å²) in [5.74, 6) is -0.247.